The quantitative estimate of drug-likeness (QED) is 0.879. The van der Waals surface area contributed by atoms with Crippen molar-refractivity contribution >= 4 is 5.95 Å². The number of nitrogens with two attached hydrogens (primary N) is 1. The number of aromatic nitrogens is 2. The molecule has 1 aliphatic heterocycles. The van der Waals surface area contributed by atoms with Gasteiger partial charge < -0.3 is 15.5 Å². The lowest BCUT2D eigenvalue weighted by atomic mass is 9.97. The zero-order valence-electron chi connectivity index (χ0n) is 12.3. The molecule has 5 heteroatoms. The van der Waals surface area contributed by atoms with Gasteiger partial charge in [0, 0.05) is 37.6 Å². The zero-order chi connectivity index (χ0) is 13.8. The monoisotopic (exact) mass is 263 g/mol. The Morgan fingerprint density at radius 3 is 2.68 bits per heavy atom. The lowest BCUT2D eigenvalue weighted by Crippen LogP contribution is -2.36. The van der Waals surface area contributed by atoms with Crippen LogP contribution >= 0.6 is 0 Å². The highest BCUT2D eigenvalue weighted by Gasteiger charge is 2.19. The Kier molecular flexibility index (Phi) is 4.71. The van der Waals surface area contributed by atoms with E-state index in [0.717, 1.165) is 29.7 Å². The second kappa shape index (κ2) is 6.30. The first-order valence-corrected chi connectivity index (χ1v) is 7.02. The van der Waals surface area contributed by atoms with E-state index in [1.54, 1.807) is 0 Å². The van der Waals surface area contributed by atoms with Gasteiger partial charge in [-0.1, -0.05) is 0 Å². The maximum absolute atomic E-state index is 5.64. The summed E-state index contributed by atoms with van der Waals surface area (Å²) >= 11 is 0. The van der Waals surface area contributed by atoms with E-state index in [9.17, 15) is 0 Å². The summed E-state index contributed by atoms with van der Waals surface area (Å²) in [6, 6.07) is 0. The highest BCUT2D eigenvalue weighted by Crippen LogP contribution is 2.19. The van der Waals surface area contributed by atoms with Gasteiger partial charge in [0.15, 0.2) is 0 Å². The third kappa shape index (κ3) is 3.64. The molecule has 0 bridgehead atoms. The average Bonchev–Trinajstić information content (AvgIpc) is 2.41. The van der Waals surface area contributed by atoms with E-state index in [2.05, 4.69) is 33.9 Å². The Morgan fingerprint density at radius 1 is 1.42 bits per heavy atom. The molecular weight excluding hydrogens is 238 g/mol. The van der Waals surface area contributed by atoms with E-state index in [0.29, 0.717) is 6.54 Å². The molecule has 0 amide bonds. The highest BCUT2D eigenvalue weighted by atomic mass is 15.2. The number of likely N-dealkylation sites (tertiary alicyclic amines) is 1. The van der Waals surface area contributed by atoms with E-state index in [1.807, 2.05) is 13.1 Å². The summed E-state index contributed by atoms with van der Waals surface area (Å²) in [5, 5.41) is 0. The van der Waals surface area contributed by atoms with Crippen LogP contribution in [0.25, 0.3) is 0 Å². The number of anilines is 1. The molecule has 0 saturated carbocycles. The predicted molar refractivity (Wildman–Crippen MR) is 78.2 cm³/mol. The fourth-order valence-electron chi connectivity index (χ4n) is 2.58. The Morgan fingerprint density at radius 2 is 2.11 bits per heavy atom. The third-order valence-corrected chi connectivity index (χ3v) is 4.00. The van der Waals surface area contributed by atoms with Crippen LogP contribution in [0.5, 0.6) is 0 Å². The summed E-state index contributed by atoms with van der Waals surface area (Å²) in [5.74, 6) is 1.56. The van der Waals surface area contributed by atoms with Crippen molar-refractivity contribution in [2.24, 2.45) is 11.7 Å². The van der Waals surface area contributed by atoms with E-state index in [-0.39, 0.29) is 0 Å². The molecule has 1 aromatic heterocycles. The molecule has 1 aliphatic rings. The van der Waals surface area contributed by atoms with Crippen molar-refractivity contribution < 1.29 is 0 Å². The number of nitrogens with zero attached hydrogens (tertiary/aromatic N) is 4. The molecule has 1 aromatic rings. The maximum Gasteiger partial charge on any atom is 0.225 e. The van der Waals surface area contributed by atoms with Gasteiger partial charge in [0.2, 0.25) is 5.95 Å². The molecule has 1 saturated heterocycles. The first kappa shape index (κ1) is 14.2. The van der Waals surface area contributed by atoms with E-state index in [1.165, 1.54) is 25.9 Å². The number of rotatable bonds is 4. The van der Waals surface area contributed by atoms with Crippen LogP contribution in [0.3, 0.4) is 0 Å². The summed E-state index contributed by atoms with van der Waals surface area (Å²) in [5.41, 5.74) is 7.65. The molecule has 19 heavy (non-hydrogen) atoms. The third-order valence-electron chi connectivity index (χ3n) is 4.00. The molecule has 5 nitrogen and oxygen atoms in total. The Bertz CT molecular complexity index is 412. The first-order valence-electron chi connectivity index (χ1n) is 7.02. The molecule has 2 heterocycles. The molecule has 0 spiro atoms. The van der Waals surface area contributed by atoms with Crippen LogP contribution in [0.1, 0.15) is 24.1 Å². The van der Waals surface area contributed by atoms with E-state index < -0.39 is 0 Å². The molecule has 0 aromatic carbocycles. The smallest absolute Gasteiger partial charge is 0.225 e. The molecule has 0 unspecified atom stereocenters. The van der Waals surface area contributed by atoms with E-state index >= 15 is 0 Å². The van der Waals surface area contributed by atoms with Gasteiger partial charge in [-0.3, -0.25) is 0 Å². The van der Waals surface area contributed by atoms with Crippen LogP contribution in [0.15, 0.2) is 6.20 Å². The van der Waals surface area contributed by atoms with E-state index in [4.69, 9.17) is 5.73 Å². The first-order chi connectivity index (χ1) is 9.10. The number of aryl methyl sites for hydroxylation is 1. The SMILES string of the molecule is Cc1nc(N(C)CC2CCN(C)CC2)ncc1CN. The Balaban J connectivity index is 1.96. The summed E-state index contributed by atoms with van der Waals surface area (Å²) in [7, 11) is 4.27. The standard InChI is InChI=1S/C14H25N5/c1-11-13(8-15)9-16-14(17-11)19(3)10-12-4-6-18(2)7-5-12/h9,12H,4-8,10,15H2,1-3H3. The summed E-state index contributed by atoms with van der Waals surface area (Å²) in [6.45, 7) is 5.94. The number of hydrogen-bond donors (Lipinski definition) is 1. The van der Waals surface area contributed by atoms with Crippen molar-refractivity contribution in [2.45, 2.75) is 26.3 Å². The maximum atomic E-state index is 5.64. The fraction of sp³-hybridized carbons (Fsp3) is 0.714. The Labute approximate surface area is 115 Å². The lowest BCUT2D eigenvalue weighted by molar-refractivity contribution is 0.222. The average molecular weight is 263 g/mol. The normalized spacial score (nSPS) is 17.7. The molecule has 1 fully saturated rings. The fourth-order valence-corrected chi connectivity index (χ4v) is 2.58. The zero-order valence-corrected chi connectivity index (χ0v) is 12.3. The van der Waals surface area contributed by atoms with Crippen LogP contribution in [0, 0.1) is 12.8 Å². The molecule has 2 N–H and O–H groups in total. The minimum atomic E-state index is 0.505. The van der Waals surface area contributed by atoms with Crippen molar-refractivity contribution in [3.63, 3.8) is 0 Å². The van der Waals surface area contributed by atoms with Gasteiger partial charge in [0.25, 0.3) is 0 Å². The minimum Gasteiger partial charge on any atom is -0.344 e. The van der Waals surface area contributed by atoms with Gasteiger partial charge in [0.05, 0.1) is 0 Å². The largest absolute Gasteiger partial charge is 0.344 e. The minimum absolute atomic E-state index is 0.505. The van der Waals surface area contributed by atoms with Gasteiger partial charge in [-0.25, -0.2) is 9.97 Å². The molecular formula is C14H25N5. The molecule has 0 aliphatic carbocycles. The van der Waals surface area contributed by atoms with Gasteiger partial charge in [-0.05, 0) is 45.8 Å². The van der Waals surface area contributed by atoms with Gasteiger partial charge in [0.1, 0.15) is 0 Å². The lowest BCUT2D eigenvalue weighted by Gasteiger charge is -2.31. The second-order valence-corrected chi connectivity index (χ2v) is 5.61. The van der Waals surface area contributed by atoms with Crippen LogP contribution in [-0.2, 0) is 6.54 Å². The van der Waals surface area contributed by atoms with Gasteiger partial charge >= 0.3 is 0 Å². The number of piperidine rings is 1. The molecule has 2 rings (SSSR count). The molecule has 0 radical (unpaired) electrons. The summed E-state index contributed by atoms with van der Waals surface area (Å²) < 4.78 is 0. The predicted octanol–water partition coefficient (Wildman–Crippen LogP) is 1.02. The van der Waals surface area contributed by atoms with Crippen molar-refractivity contribution in [1.82, 2.24) is 14.9 Å². The van der Waals surface area contributed by atoms with Crippen LogP contribution in [-0.4, -0.2) is 48.6 Å². The molecule has 0 atom stereocenters. The summed E-state index contributed by atoms with van der Waals surface area (Å²) in [6.07, 6.45) is 4.38. The van der Waals surface area contributed by atoms with Crippen LogP contribution in [0.4, 0.5) is 5.95 Å². The summed E-state index contributed by atoms with van der Waals surface area (Å²) in [4.78, 5) is 13.5. The molecule has 106 valence electrons. The Hall–Kier alpha value is -1.20. The van der Waals surface area contributed by atoms with Crippen molar-refractivity contribution in [3.8, 4) is 0 Å². The van der Waals surface area contributed by atoms with Crippen LogP contribution < -0.4 is 10.6 Å². The van der Waals surface area contributed by atoms with Crippen molar-refractivity contribution in [2.75, 3.05) is 38.6 Å². The number of hydrogen-bond acceptors (Lipinski definition) is 5. The second-order valence-electron chi connectivity index (χ2n) is 5.61. The van der Waals surface area contributed by atoms with Gasteiger partial charge in [-0.2, -0.15) is 0 Å². The van der Waals surface area contributed by atoms with Crippen LogP contribution in [0.2, 0.25) is 0 Å². The van der Waals surface area contributed by atoms with Crippen molar-refractivity contribution in [3.05, 3.63) is 17.5 Å². The van der Waals surface area contributed by atoms with Crippen molar-refractivity contribution in [1.29, 1.82) is 0 Å². The topological polar surface area (TPSA) is 58.3 Å². The van der Waals surface area contributed by atoms with Gasteiger partial charge in [-0.15, -0.1) is 0 Å². The highest BCUT2D eigenvalue weighted by molar-refractivity contribution is 5.31.